The molecule has 0 aliphatic heterocycles. The molecule has 2 aliphatic carbocycles. The molecule has 0 aromatic rings. The SMILES string of the molecule is CC(C)(C)N=C(NN)C1C2CCCC21. The second kappa shape index (κ2) is 3.23. The summed E-state index contributed by atoms with van der Waals surface area (Å²) in [7, 11) is 0. The summed E-state index contributed by atoms with van der Waals surface area (Å²) in [5.41, 5.74) is 2.78. The van der Waals surface area contributed by atoms with Gasteiger partial charge in [0.05, 0.1) is 5.54 Å². The molecule has 0 saturated heterocycles. The Morgan fingerprint density at radius 3 is 2.29 bits per heavy atom. The summed E-state index contributed by atoms with van der Waals surface area (Å²) < 4.78 is 0. The van der Waals surface area contributed by atoms with E-state index in [1.165, 1.54) is 19.3 Å². The summed E-state index contributed by atoms with van der Waals surface area (Å²) in [5.74, 6) is 8.99. The molecule has 2 atom stereocenters. The van der Waals surface area contributed by atoms with Crippen LogP contribution in [0.3, 0.4) is 0 Å². The molecule has 14 heavy (non-hydrogen) atoms. The fourth-order valence-electron chi connectivity index (χ4n) is 2.79. The summed E-state index contributed by atoms with van der Waals surface area (Å²) in [4.78, 5) is 4.65. The van der Waals surface area contributed by atoms with Crippen LogP contribution < -0.4 is 11.3 Å². The maximum Gasteiger partial charge on any atom is 0.115 e. The normalized spacial score (nSPS) is 36.9. The molecule has 0 radical (unpaired) electrons. The standard InChI is InChI=1S/C11H21N3/c1-11(2,3)13-10(14-12)9-7-5-4-6-8(7)9/h7-9H,4-6,12H2,1-3H3,(H,13,14). The van der Waals surface area contributed by atoms with Gasteiger partial charge in [-0.25, -0.2) is 5.84 Å². The molecule has 80 valence electrons. The Kier molecular flexibility index (Phi) is 2.30. The summed E-state index contributed by atoms with van der Waals surface area (Å²) in [6.45, 7) is 6.34. The number of rotatable bonds is 1. The van der Waals surface area contributed by atoms with Gasteiger partial charge in [-0.2, -0.15) is 0 Å². The van der Waals surface area contributed by atoms with Crippen LogP contribution in [0.2, 0.25) is 0 Å². The van der Waals surface area contributed by atoms with Crippen molar-refractivity contribution in [3.8, 4) is 0 Å². The molecule has 0 aromatic heterocycles. The summed E-state index contributed by atoms with van der Waals surface area (Å²) in [6, 6.07) is 0. The number of hydrogen-bond acceptors (Lipinski definition) is 2. The highest BCUT2D eigenvalue weighted by atomic mass is 15.3. The van der Waals surface area contributed by atoms with Crippen molar-refractivity contribution in [2.45, 2.75) is 45.6 Å². The minimum atomic E-state index is -0.0153. The van der Waals surface area contributed by atoms with E-state index in [1.807, 2.05) is 0 Å². The highest BCUT2D eigenvalue weighted by molar-refractivity contribution is 5.87. The lowest BCUT2D eigenvalue weighted by molar-refractivity contribution is 0.568. The van der Waals surface area contributed by atoms with E-state index in [0.717, 1.165) is 17.7 Å². The molecule has 3 nitrogen and oxygen atoms in total. The van der Waals surface area contributed by atoms with Crippen molar-refractivity contribution in [2.75, 3.05) is 0 Å². The third-order valence-electron chi connectivity index (χ3n) is 3.33. The highest BCUT2D eigenvalue weighted by Crippen LogP contribution is 2.57. The van der Waals surface area contributed by atoms with Gasteiger partial charge in [0.2, 0.25) is 0 Å². The van der Waals surface area contributed by atoms with E-state index in [-0.39, 0.29) is 5.54 Å². The largest absolute Gasteiger partial charge is 0.312 e. The molecular formula is C11H21N3. The lowest BCUT2D eigenvalue weighted by atomic mass is 10.1. The van der Waals surface area contributed by atoms with Gasteiger partial charge in [0.25, 0.3) is 0 Å². The Morgan fingerprint density at radius 2 is 1.86 bits per heavy atom. The van der Waals surface area contributed by atoms with Crippen molar-refractivity contribution < 1.29 is 0 Å². The quantitative estimate of drug-likeness (QED) is 0.289. The van der Waals surface area contributed by atoms with Crippen LogP contribution in [0.15, 0.2) is 4.99 Å². The van der Waals surface area contributed by atoms with Crippen LogP contribution in [0, 0.1) is 17.8 Å². The smallest absolute Gasteiger partial charge is 0.115 e. The molecule has 0 bridgehead atoms. The zero-order valence-electron chi connectivity index (χ0n) is 9.38. The van der Waals surface area contributed by atoms with Crippen LogP contribution in [0.25, 0.3) is 0 Å². The third-order valence-corrected chi connectivity index (χ3v) is 3.33. The van der Waals surface area contributed by atoms with Gasteiger partial charge in [-0.15, -0.1) is 0 Å². The zero-order valence-corrected chi connectivity index (χ0v) is 9.38. The Labute approximate surface area is 86.1 Å². The predicted molar refractivity (Wildman–Crippen MR) is 58.8 cm³/mol. The van der Waals surface area contributed by atoms with Gasteiger partial charge >= 0.3 is 0 Å². The van der Waals surface area contributed by atoms with E-state index in [1.54, 1.807) is 0 Å². The second-order valence-electron chi connectivity index (χ2n) is 5.60. The van der Waals surface area contributed by atoms with E-state index < -0.39 is 0 Å². The summed E-state index contributed by atoms with van der Waals surface area (Å²) >= 11 is 0. The van der Waals surface area contributed by atoms with Crippen LogP contribution in [-0.2, 0) is 0 Å². The summed E-state index contributed by atoms with van der Waals surface area (Å²) in [5, 5.41) is 0. The number of nitrogens with two attached hydrogens (primary N) is 1. The van der Waals surface area contributed by atoms with Gasteiger partial charge in [-0.1, -0.05) is 6.42 Å². The molecule has 2 rings (SSSR count). The van der Waals surface area contributed by atoms with Crippen LogP contribution in [0.1, 0.15) is 40.0 Å². The molecule has 3 N–H and O–H groups in total. The number of fused-ring (bicyclic) bond motifs is 1. The van der Waals surface area contributed by atoms with Crippen molar-refractivity contribution in [1.29, 1.82) is 0 Å². The minimum absolute atomic E-state index is 0.0153. The fraction of sp³-hybridized carbons (Fsp3) is 0.909. The molecular weight excluding hydrogens is 174 g/mol. The first-order chi connectivity index (χ1) is 6.53. The van der Waals surface area contributed by atoms with Crippen LogP contribution in [0.4, 0.5) is 0 Å². The van der Waals surface area contributed by atoms with Crippen molar-refractivity contribution >= 4 is 5.84 Å². The molecule has 0 spiro atoms. The first-order valence-corrected chi connectivity index (χ1v) is 5.59. The molecule has 0 heterocycles. The van der Waals surface area contributed by atoms with Crippen LogP contribution in [0.5, 0.6) is 0 Å². The molecule has 2 saturated carbocycles. The van der Waals surface area contributed by atoms with Crippen molar-refractivity contribution in [1.82, 2.24) is 5.43 Å². The van der Waals surface area contributed by atoms with Gasteiger partial charge in [-0.05, 0) is 45.4 Å². The maximum atomic E-state index is 5.54. The zero-order chi connectivity index (χ0) is 10.3. The highest BCUT2D eigenvalue weighted by Gasteiger charge is 2.55. The second-order valence-corrected chi connectivity index (χ2v) is 5.60. The van der Waals surface area contributed by atoms with E-state index in [2.05, 4.69) is 31.2 Å². The van der Waals surface area contributed by atoms with Gasteiger partial charge < -0.3 is 5.43 Å². The molecule has 2 aliphatic rings. The number of nitrogens with one attached hydrogen (secondary N) is 1. The van der Waals surface area contributed by atoms with E-state index in [4.69, 9.17) is 5.84 Å². The van der Waals surface area contributed by atoms with Gasteiger partial charge in [0.1, 0.15) is 5.84 Å². The lowest BCUT2D eigenvalue weighted by Gasteiger charge is -2.16. The average Bonchev–Trinajstić information content (AvgIpc) is 2.56. The molecule has 0 aromatic carbocycles. The first kappa shape index (κ1) is 9.97. The number of hydrazine groups is 1. The number of hydrogen-bond donors (Lipinski definition) is 2. The third kappa shape index (κ3) is 1.78. The first-order valence-electron chi connectivity index (χ1n) is 5.59. The van der Waals surface area contributed by atoms with E-state index in [0.29, 0.717) is 5.92 Å². The Hall–Kier alpha value is -0.570. The fourth-order valence-corrected chi connectivity index (χ4v) is 2.79. The van der Waals surface area contributed by atoms with Crippen LogP contribution >= 0.6 is 0 Å². The van der Waals surface area contributed by atoms with E-state index >= 15 is 0 Å². The topological polar surface area (TPSA) is 50.4 Å². The number of aliphatic imine (C=N–C) groups is 1. The number of amidine groups is 1. The monoisotopic (exact) mass is 195 g/mol. The van der Waals surface area contributed by atoms with Gasteiger partial charge in [0, 0.05) is 5.92 Å². The minimum Gasteiger partial charge on any atom is -0.312 e. The summed E-state index contributed by atoms with van der Waals surface area (Å²) in [6.07, 6.45) is 4.15. The van der Waals surface area contributed by atoms with Crippen LogP contribution in [-0.4, -0.2) is 11.4 Å². The molecule has 2 unspecified atom stereocenters. The van der Waals surface area contributed by atoms with Crippen molar-refractivity contribution in [3.05, 3.63) is 0 Å². The maximum absolute atomic E-state index is 5.54. The molecule has 0 amide bonds. The van der Waals surface area contributed by atoms with Crippen molar-refractivity contribution in [2.24, 2.45) is 28.6 Å². The molecule has 3 heteroatoms. The van der Waals surface area contributed by atoms with Crippen molar-refractivity contribution in [3.63, 3.8) is 0 Å². The predicted octanol–water partition coefficient (Wildman–Crippen LogP) is 1.69. The number of nitrogens with zero attached hydrogens (tertiary/aromatic N) is 1. The Balaban J connectivity index is 2.05. The van der Waals surface area contributed by atoms with E-state index in [9.17, 15) is 0 Å². The Bertz CT molecular complexity index is 242. The molecule has 2 fully saturated rings. The average molecular weight is 195 g/mol. The Morgan fingerprint density at radius 1 is 1.29 bits per heavy atom. The lowest BCUT2D eigenvalue weighted by Crippen LogP contribution is -2.35. The van der Waals surface area contributed by atoms with Gasteiger partial charge in [0.15, 0.2) is 0 Å². The van der Waals surface area contributed by atoms with Gasteiger partial charge in [-0.3, -0.25) is 4.99 Å².